The van der Waals surface area contributed by atoms with Crippen LogP contribution in [0.4, 0.5) is 0 Å². The monoisotopic (exact) mass is 254 g/mol. The number of aromatic nitrogens is 1. The molecule has 1 fully saturated rings. The summed E-state index contributed by atoms with van der Waals surface area (Å²) in [7, 11) is 2.04. The second kappa shape index (κ2) is 5.71. The highest BCUT2D eigenvalue weighted by molar-refractivity contribution is 7.09. The van der Waals surface area contributed by atoms with E-state index in [4.69, 9.17) is 4.74 Å². The van der Waals surface area contributed by atoms with Gasteiger partial charge in [-0.1, -0.05) is 0 Å². The van der Waals surface area contributed by atoms with Gasteiger partial charge >= 0.3 is 0 Å². The predicted molar refractivity (Wildman–Crippen MR) is 67.1 cm³/mol. The molecule has 1 atom stereocenters. The Morgan fingerprint density at radius 2 is 2.47 bits per heavy atom. The topological polar surface area (TPSA) is 42.4 Å². The van der Waals surface area contributed by atoms with Gasteiger partial charge in [-0.3, -0.25) is 4.79 Å². The minimum Gasteiger partial charge on any atom is -0.380 e. The molecule has 2 rings (SSSR count). The van der Waals surface area contributed by atoms with Gasteiger partial charge < -0.3 is 9.64 Å². The predicted octanol–water partition coefficient (Wildman–Crippen LogP) is 1.49. The van der Waals surface area contributed by atoms with Crippen molar-refractivity contribution in [3.63, 3.8) is 0 Å². The number of Topliss-reactive ketones (excluding diaryl/α,β-unsaturated/α-hetero) is 1. The van der Waals surface area contributed by atoms with Crippen LogP contribution in [0.5, 0.6) is 0 Å². The fourth-order valence-corrected chi connectivity index (χ4v) is 2.87. The van der Waals surface area contributed by atoms with Crippen LogP contribution in [0.1, 0.15) is 17.0 Å². The van der Waals surface area contributed by atoms with Crippen LogP contribution in [0.15, 0.2) is 5.51 Å². The van der Waals surface area contributed by atoms with Gasteiger partial charge in [-0.15, -0.1) is 11.3 Å². The van der Waals surface area contributed by atoms with Gasteiger partial charge in [0.25, 0.3) is 0 Å². The van der Waals surface area contributed by atoms with E-state index in [0.717, 1.165) is 18.8 Å². The third-order valence-electron chi connectivity index (χ3n) is 3.06. The molecule has 0 amide bonds. The molecular weight excluding hydrogens is 236 g/mol. The molecule has 4 nitrogen and oxygen atoms in total. The highest BCUT2D eigenvalue weighted by atomic mass is 32.1. The van der Waals surface area contributed by atoms with Crippen LogP contribution in [-0.4, -0.2) is 42.5 Å². The minimum atomic E-state index is 0.0435. The van der Waals surface area contributed by atoms with E-state index < -0.39 is 0 Å². The van der Waals surface area contributed by atoms with Crippen molar-refractivity contribution in [1.82, 2.24) is 9.88 Å². The molecular formula is C12H18N2O2S. The average Bonchev–Trinajstić information content (AvgIpc) is 2.68. The van der Waals surface area contributed by atoms with Crippen molar-refractivity contribution in [2.24, 2.45) is 5.92 Å². The molecule has 1 aliphatic heterocycles. The van der Waals surface area contributed by atoms with Crippen molar-refractivity contribution in [2.45, 2.75) is 19.9 Å². The van der Waals surface area contributed by atoms with Crippen molar-refractivity contribution in [3.8, 4) is 0 Å². The van der Waals surface area contributed by atoms with Gasteiger partial charge in [-0.05, 0) is 14.0 Å². The largest absolute Gasteiger partial charge is 0.380 e. The van der Waals surface area contributed by atoms with Crippen LogP contribution >= 0.6 is 11.3 Å². The number of ketones is 1. The first-order chi connectivity index (χ1) is 8.16. The summed E-state index contributed by atoms with van der Waals surface area (Å²) in [6.45, 7) is 4.82. The van der Waals surface area contributed by atoms with E-state index in [1.165, 1.54) is 4.88 Å². The van der Waals surface area contributed by atoms with Crippen molar-refractivity contribution in [3.05, 3.63) is 16.1 Å². The summed E-state index contributed by atoms with van der Waals surface area (Å²) < 4.78 is 5.36. The molecule has 1 unspecified atom stereocenters. The maximum atomic E-state index is 11.7. The molecule has 1 aromatic rings. The lowest BCUT2D eigenvalue weighted by Crippen LogP contribution is -2.36. The van der Waals surface area contributed by atoms with Crippen LogP contribution in [0.2, 0.25) is 0 Å². The summed E-state index contributed by atoms with van der Waals surface area (Å²) in [5, 5.41) is 0. The first-order valence-corrected chi connectivity index (χ1v) is 6.72. The van der Waals surface area contributed by atoms with Gasteiger partial charge in [0.1, 0.15) is 5.78 Å². The van der Waals surface area contributed by atoms with Gasteiger partial charge in [0.15, 0.2) is 0 Å². The van der Waals surface area contributed by atoms with Crippen LogP contribution in [0.3, 0.4) is 0 Å². The lowest BCUT2D eigenvalue weighted by molar-refractivity contribution is -0.131. The molecule has 0 aromatic carbocycles. The molecule has 0 saturated carbocycles. The average molecular weight is 254 g/mol. The molecule has 5 heteroatoms. The lowest BCUT2D eigenvalue weighted by atomic mass is 10.0. The van der Waals surface area contributed by atoms with Gasteiger partial charge in [-0.2, -0.15) is 0 Å². The normalized spacial score (nSPS) is 21.1. The molecule has 0 N–H and O–H groups in total. The van der Waals surface area contributed by atoms with Gasteiger partial charge in [0.2, 0.25) is 0 Å². The third-order valence-corrected chi connectivity index (χ3v) is 3.98. The fourth-order valence-electron chi connectivity index (χ4n) is 2.01. The summed E-state index contributed by atoms with van der Waals surface area (Å²) in [6, 6.07) is 0. The fraction of sp³-hybridized carbons (Fsp3) is 0.667. The van der Waals surface area contributed by atoms with Gasteiger partial charge in [0.05, 0.1) is 30.3 Å². The molecule has 17 heavy (non-hydrogen) atoms. The Balaban J connectivity index is 1.86. The van der Waals surface area contributed by atoms with Crippen LogP contribution < -0.4 is 0 Å². The highest BCUT2D eigenvalue weighted by Crippen LogP contribution is 2.16. The van der Waals surface area contributed by atoms with E-state index in [9.17, 15) is 4.79 Å². The number of hydrogen-bond donors (Lipinski definition) is 0. The Bertz CT molecular complexity index is 392. The molecule has 94 valence electrons. The van der Waals surface area contributed by atoms with Gasteiger partial charge in [0, 0.05) is 24.4 Å². The third kappa shape index (κ3) is 3.34. The maximum absolute atomic E-state index is 11.7. The van der Waals surface area contributed by atoms with Crippen LogP contribution in [-0.2, 0) is 16.1 Å². The molecule has 2 heterocycles. The molecule has 1 saturated heterocycles. The summed E-state index contributed by atoms with van der Waals surface area (Å²) >= 11 is 1.67. The van der Waals surface area contributed by atoms with Crippen LogP contribution in [0, 0.1) is 12.8 Å². The second-order valence-electron chi connectivity index (χ2n) is 4.55. The summed E-state index contributed by atoms with van der Waals surface area (Å²) in [6.07, 6.45) is 0.568. The zero-order valence-electron chi connectivity index (χ0n) is 10.3. The van der Waals surface area contributed by atoms with E-state index >= 15 is 0 Å². The van der Waals surface area contributed by atoms with Crippen molar-refractivity contribution < 1.29 is 9.53 Å². The Labute approximate surface area is 106 Å². The lowest BCUT2D eigenvalue weighted by Gasteiger charge is -2.25. The first kappa shape index (κ1) is 12.7. The quantitative estimate of drug-likeness (QED) is 0.816. The number of carbonyl (C=O) groups excluding carboxylic acids is 1. The molecule has 0 radical (unpaired) electrons. The van der Waals surface area contributed by atoms with Crippen molar-refractivity contribution >= 4 is 17.1 Å². The Morgan fingerprint density at radius 3 is 3.12 bits per heavy atom. The zero-order valence-corrected chi connectivity index (χ0v) is 11.1. The SMILES string of the molecule is Cc1ncsc1CN(C)CC1COCCC1=O. The number of hydrogen-bond acceptors (Lipinski definition) is 5. The first-order valence-electron chi connectivity index (χ1n) is 5.85. The van der Waals surface area contributed by atoms with Crippen LogP contribution in [0.25, 0.3) is 0 Å². The van der Waals surface area contributed by atoms with E-state index in [0.29, 0.717) is 25.4 Å². The number of thiazole rings is 1. The minimum absolute atomic E-state index is 0.0435. The Hall–Kier alpha value is -0.780. The molecule has 0 aliphatic carbocycles. The molecule has 1 aliphatic rings. The van der Waals surface area contributed by atoms with E-state index in [2.05, 4.69) is 9.88 Å². The molecule has 1 aromatic heterocycles. The number of rotatable bonds is 4. The van der Waals surface area contributed by atoms with Gasteiger partial charge in [-0.25, -0.2) is 4.98 Å². The Morgan fingerprint density at radius 1 is 1.65 bits per heavy atom. The smallest absolute Gasteiger partial charge is 0.141 e. The zero-order chi connectivity index (χ0) is 12.3. The highest BCUT2D eigenvalue weighted by Gasteiger charge is 2.24. The second-order valence-corrected chi connectivity index (χ2v) is 5.49. The number of nitrogens with zero attached hydrogens (tertiary/aromatic N) is 2. The summed E-state index contributed by atoms with van der Waals surface area (Å²) in [5.74, 6) is 0.381. The molecule has 0 bridgehead atoms. The van der Waals surface area contributed by atoms with Crippen molar-refractivity contribution in [1.29, 1.82) is 0 Å². The van der Waals surface area contributed by atoms with Crippen molar-refractivity contribution in [2.75, 3.05) is 26.8 Å². The number of ether oxygens (including phenoxy) is 1. The molecule has 0 spiro atoms. The van der Waals surface area contributed by atoms with E-state index in [-0.39, 0.29) is 5.92 Å². The Kier molecular flexibility index (Phi) is 4.25. The standard InChI is InChI=1S/C12H18N2O2S/c1-9-12(17-8-13-9)6-14(2)5-10-7-16-4-3-11(10)15/h8,10H,3-7H2,1-2H3. The number of aryl methyl sites for hydroxylation is 1. The maximum Gasteiger partial charge on any atom is 0.141 e. The van der Waals surface area contributed by atoms with E-state index in [1.54, 1.807) is 11.3 Å². The summed E-state index contributed by atoms with van der Waals surface area (Å²) in [5.41, 5.74) is 2.96. The summed E-state index contributed by atoms with van der Waals surface area (Å²) in [4.78, 5) is 19.4. The van der Waals surface area contributed by atoms with E-state index in [1.807, 2.05) is 19.5 Å². The number of carbonyl (C=O) groups is 1.